The number of aryl methyl sites for hydroxylation is 1. The molecule has 3 aromatic rings. The number of pyridine rings is 1. The summed E-state index contributed by atoms with van der Waals surface area (Å²) in [6.45, 7) is 13.8. The molecule has 16 nitrogen and oxygen atoms in total. The third-order valence-corrected chi connectivity index (χ3v) is 9.92. The van der Waals surface area contributed by atoms with Crippen molar-refractivity contribution in [3.63, 3.8) is 0 Å². The van der Waals surface area contributed by atoms with Gasteiger partial charge in [0.1, 0.15) is 35.4 Å². The third-order valence-electron chi connectivity index (χ3n) is 8.45. The van der Waals surface area contributed by atoms with Crippen LogP contribution in [0.2, 0.25) is 0 Å². The monoisotopic (exact) mass is 926 g/mol. The minimum Gasteiger partial charge on any atom is -0.491 e. The van der Waals surface area contributed by atoms with Crippen LogP contribution in [-0.2, 0) is 60.6 Å². The van der Waals surface area contributed by atoms with Crippen LogP contribution in [0.25, 0.3) is 0 Å². The molecule has 0 unspecified atom stereocenters. The second-order valence-electron chi connectivity index (χ2n) is 16.5. The van der Waals surface area contributed by atoms with Gasteiger partial charge in [0.25, 0.3) is 0 Å². The largest absolute Gasteiger partial charge is 0.491 e. The fourth-order valence-electron chi connectivity index (χ4n) is 5.58. The van der Waals surface area contributed by atoms with E-state index in [1.165, 1.54) is 17.0 Å². The number of carbonyl (C=O) groups excluding carboxylic acids is 3. The van der Waals surface area contributed by atoms with E-state index in [0.29, 0.717) is 56.7 Å². The van der Waals surface area contributed by atoms with Crippen LogP contribution in [-0.4, -0.2) is 115 Å². The zero-order valence-electron chi connectivity index (χ0n) is 37.7. The fourth-order valence-corrected chi connectivity index (χ4v) is 6.81. The molecular formula is C44H61F3N4O12S. The Balaban J connectivity index is 1.82. The molecule has 0 aliphatic rings. The lowest BCUT2D eigenvalue weighted by Crippen LogP contribution is -2.45. The Kier molecular flexibility index (Phi) is 20.9. The highest BCUT2D eigenvalue weighted by Gasteiger charge is 2.34. The van der Waals surface area contributed by atoms with Gasteiger partial charge in [-0.1, -0.05) is 12.1 Å². The summed E-state index contributed by atoms with van der Waals surface area (Å²) < 4.78 is 108. The summed E-state index contributed by atoms with van der Waals surface area (Å²) in [5, 5.41) is 2.74. The molecule has 0 bridgehead atoms. The number of methoxy groups -OCH3 is 1. The molecule has 2 aromatic carbocycles. The molecule has 356 valence electrons. The molecule has 0 saturated carbocycles. The first-order valence-electron chi connectivity index (χ1n) is 20.6. The number of sulfonamides is 1. The molecule has 20 heteroatoms. The van der Waals surface area contributed by atoms with E-state index in [2.05, 4.69) is 15.0 Å². The molecule has 3 rings (SSSR count). The highest BCUT2D eigenvalue weighted by molar-refractivity contribution is 7.89. The first-order valence-corrected chi connectivity index (χ1v) is 22.1. The summed E-state index contributed by atoms with van der Waals surface area (Å²) in [6.07, 6.45) is -3.21. The summed E-state index contributed by atoms with van der Waals surface area (Å²) in [4.78, 5) is 44.9. The number of alkyl halides is 3. The topological polar surface area (TPSA) is 190 Å². The van der Waals surface area contributed by atoms with Crippen molar-refractivity contribution in [2.75, 3.05) is 76.7 Å². The van der Waals surface area contributed by atoms with Gasteiger partial charge in [0.15, 0.2) is 0 Å². The number of ether oxygens (including phenoxy) is 7. The van der Waals surface area contributed by atoms with Gasteiger partial charge in [0.05, 0.1) is 62.4 Å². The maximum atomic E-state index is 13.5. The number of anilines is 2. The molecule has 1 heterocycles. The minimum absolute atomic E-state index is 0.0941. The number of hydrogen-bond acceptors (Lipinski definition) is 13. The maximum Gasteiger partial charge on any atom is 0.416 e. The number of amides is 2. The number of aromatic nitrogens is 1. The van der Waals surface area contributed by atoms with Gasteiger partial charge in [0, 0.05) is 19.9 Å². The lowest BCUT2D eigenvalue weighted by atomic mass is 10.0. The highest BCUT2D eigenvalue weighted by atomic mass is 32.2. The molecule has 1 aromatic heterocycles. The SMILES string of the molecule is COCCOCCOCCOCC(=O)Nc1cc(C[C@H](NS(=O)(=O)c2cccc(C(F)(F)F)c2)C(=O)OC(C)(C)C)ccc1OCCCCN(C(=O)OC(C)(C)C)c1cc(C)ccn1. The number of esters is 1. The summed E-state index contributed by atoms with van der Waals surface area (Å²) >= 11 is 0. The summed E-state index contributed by atoms with van der Waals surface area (Å²) in [5.41, 5.74) is -1.61. The van der Waals surface area contributed by atoms with Gasteiger partial charge in [-0.05, 0) is 121 Å². The Hall–Kier alpha value is -4.86. The Morgan fingerprint density at radius 1 is 0.797 bits per heavy atom. The Bertz CT molecular complexity index is 2080. The van der Waals surface area contributed by atoms with Crippen LogP contribution in [0.15, 0.2) is 65.7 Å². The number of halogens is 3. The van der Waals surface area contributed by atoms with Crippen molar-refractivity contribution in [2.45, 2.75) is 96.0 Å². The predicted octanol–water partition coefficient (Wildman–Crippen LogP) is 6.88. The van der Waals surface area contributed by atoms with E-state index >= 15 is 0 Å². The number of benzene rings is 2. The van der Waals surface area contributed by atoms with Crippen molar-refractivity contribution in [3.05, 3.63) is 77.5 Å². The van der Waals surface area contributed by atoms with E-state index in [-0.39, 0.29) is 50.8 Å². The van der Waals surface area contributed by atoms with E-state index in [9.17, 15) is 36.0 Å². The molecule has 0 radical (unpaired) electrons. The van der Waals surface area contributed by atoms with Crippen LogP contribution in [0.1, 0.15) is 71.1 Å². The number of unbranched alkanes of at least 4 members (excludes halogenated alkanes) is 1. The van der Waals surface area contributed by atoms with Gasteiger partial charge in [-0.15, -0.1) is 0 Å². The van der Waals surface area contributed by atoms with Gasteiger partial charge in [-0.3, -0.25) is 14.5 Å². The van der Waals surface area contributed by atoms with Gasteiger partial charge in [0.2, 0.25) is 15.9 Å². The lowest BCUT2D eigenvalue weighted by Gasteiger charge is -2.27. The van der Waals surface area contributed by atoms with Crippen LogP contribution >= 0.6 is 0 Å². The normalized spacial score (nSPS) is 12.7. The van der Waals surface area contributed by atoms with Crippen LogP contribution < -0.4 is 19.7 Å². The van der Waals surface area contributed by atoms with E-state index in [1.54, 1.807) is 67.0 Å². The van der Waals surface area contributed by atoms with E-state index in [4.69, 9.17) is 33.2 Å². The predicted molar refractivity (Wildman–Crippen MR) is 232 cm³/mol. The molecule has 0 spiro atoms. The minimum atomic E-state index is -4.82. The molecule has 1 atom stereocenters. The molecular weight excluding hydrogens is 866 g/mol. The smallest absolute Gasteiger partial charge is 0.416 e. The lowest BCUT2D eigenvalue weighted by molar-refractivity contribution is -0.157. The van der Waals surface area contributed by atoms with E-state index in [0.717, 1.165) is 23.8 Å². The summed E-state index contributed by atoms with van der Waals surface area (Å²) in [6, 6.07) is 9.64. The van der Waals surface area contributed by atoms with Crippen LogP contribution in [0, 0.1) is 6.92 Å². The van der Waals surface area contributed by atoms with Crippen molar-refractivity contribution in [1.29, 1.82) is 0 Å². The zero-order chi connectivity index (χ0) is 47.6. The van der Waals surface area contributed by atoms with Crippen molar-refractivity contribution >= 4 is 39.5 Å². The second kappa shape index (κ2) is 25.0. The van der Waals surface area contributed by atoms with Gasteiger partial charge in [-0.2, -0.15) is 17.9 Å². The van der Waals surface area contributed by atoms with E-state index < -0.39 is 61.9 Å². The number of rotatable bonds is 25. The number of nitrogens with one attached hydrogen (secondary N) is 2. The number of hydrogen-bond donors (Lipinski definition) is 2. The molecule has 0 aliphatic carbocycles. The molecule has 0 fully saturated rings. The Morgan fingerprint density at radius 2 is 1.45 bits per heavy atom. The molecule has 2 amide bonds. The molecule has 64 heavy (non-hydrogen) atoms. The second-order valence-corrected chi connectivity index (χ2v) is 18.2. The standard InChI is InChI=1S/C44H61F3N4O12S/c1-31-16-17-48-38(26-31)51(41(54)63-43(5,6)7)18-9-10-19-61-37-15-14-32(27-35(37)49-39(52)30-60-25-24-59-23-22-58-21-20-57-8)28-36(40(53)62-42(2,3)4)50-64(55,56)34-13-11-12-33(29-34)44(45,46)47/h11-17,26-27,29,36,50H,9-10,18-25,28,30H2,1-8H3,(H,49,52)/t36-/m0/s1. The summed E-state index contributed by atoms with van der Waals surface area (Å²) in [7, 11) is -3.13. The summed E-state index contributed by atoms with van der Waals surface area (Å²) in [5.74, 6) is -0.917. The van der Waals surface area contributed by atoms with Gasteiger partial charge in [-0.25, -0.2) is 18.2 Å². The molecule has 2 N–H and O–H groups in total. The highest BCUT2D eigenvalue weighted by Crippen LogP contribution is 2.31. The third kappa shape index (κ3) is 19.9. The number of nitrogens with zero attached hydrogens (tertiary/aromatic N) is 2. The van der Waals surface area contributed by atoms with Crippen LogP contribution in [0.4, 0.5) is 29.5 Å². The van der Waals surface area contributed by atoms with Crippen molar-refractivity contribution < 1.29 is 69.1 Å². The fraction of sp³-hybridized carbons (Fsp3) is 0.545. The van der Waals surface area contributed by atoms with Crippen molar-refractivity contribution in [2.24, 2.45) is 0 Å². The zero-order valence-corrected chi connectivity index (χ0v) is 38.5. The average molecular weight is 927 g/mol. The quantitative estimate of drug-likeness (QED) is 0.0662. The van der Waals surface area contributed by atoms with Gasteiger partial charge >= 0.3 is 18.2 Å². The van der Waals surface area contributed by atoms with Crippen molar-refractivity contribution in [1.82, 2.24) is 9.71 Å². The number of carbonyl (C=O) groups is 3. The molecule has 0 saturated heterocycles. The van der Waals surface area contributed by atoms with Crippen molar-refractivity contribution in [3.8, 4) is 5.75 Å². The maximum absolute atomic E-state index is 13.5. The molecule has 0 aliphatic heterocycles. The Morgan fingerprint density at radius 3 is 2.08 bits per heavy atom. The van der Waals surface area contributed by atoms with Gasteiger partial charge < -0.3 is 38.5 Å². The Labute approximate surface area is 373 Å². The average Bonchev–Trinajstić information content (AvgIpc) is 3.18. The first kappa shape index (κ1) is 53.5. The van der Waals surface area contributed by atoms with E-state index in [1.807, 2.05) is 13.0 Å². The van der Waals surface area contributed by atoms with Crippen LogP contribution in [0.5, 0.6) is 5.75 Å². The first-order chi connectivity index (χ1) is 30.0. The van der Waals surface area contributed by atoms with Crippen LogP contribution in [0.3, 0.4) is 0 Å².